The molecule has 0 radical (unpaired) electrons. The van der Waals surface area contributed by atoms with Crippen LogP contribution in [0.25, 0.3) is 0 Å². The molecule has 25 heavy (non-hydrogen) atoms. The smallest absolute Gasteiger partial charge is 0.242 e. The van der Waals surface area contributed by atoms with E-state index in [2.05, 4.69) is 31.0 Å². The van der Waals surface area contributed by atoms with E-state index in [-0.39, 0.29) is 11.9 Å². The Morgan fingerprint density at radius 1 is 1.20 bits per heavy atom. The molecule has 0 spiro atoms. The summed E-state index contributed by atoms with van der Waals surface area (Å²) in [4.78, 5) is 15.0. The van der Waals surface area contributed by atoms with Crippen molar-refractivity contribution in [2.45, 2.75) is 58.6 Å². The topological polar surface area (TPSA) is 41.6 Å². The van der Waals surface area contributed by atoms with Gasteiger partial charge < -0.3 is 10.1 Å². The molecule has 4 nitrogen and oxygen atoms in total. The van der Waals surface area contributed by atoms with Crippen molar-refractivity contribution in [3.05, 3.63) is 35.9 Å². The van der Waals surface area contributed by atoms with Crippen LogP contribution in [-0.4, -0.2) is 43.2 Å². The fourth-order valence-electron chi connectivity index (χ4n) is 3.76. The second kappa shape index (κ2) is 10.6. The second-order valence-corrected chi connectivity index (χ2v) is 7.00. The zero-order chi connectivity index (χ0) is 18.1. The van der Waals surface area contributed by atoms with Crippen LogP contribution in [0.1, 0.15) is 58.1 Å². The molecule has 4 heteroatoms. The monoisotopic (exact) mass is 346 g/mol. The van der Waals surface area contributed by atoms with Crippen molar-refractivity contribution < 1.29 is 9.53 Å². The highest BCUT2D eigenvalue weighted by atomic mass is 16.5. The molecular formula is C21H34N2O2. The fourth-order valence-corrected chi connectivity index (χ4v) is 3.76. The van der Waals surface area contributed by atoms with E-state index < -0.39 is 0 Å². The molecule has 1 aliphatic carbocycles. The van der Waals surface area contributed by atoms with E-state index in [4.69, 9.17) is 4.74 Å². The number of ether oxygens (including phenoxy) is 1. The Balaban J connectivity index is 1.87. The number of rotatable bonds is 9. The molecule has 0 aromatic heterocycles. The Kier molecular flexibility index (Phi) is 8.42. The number of hydrogen-bond acceptors (Lipinski definition) is 3. The van der Waals surface area contributed by atoms with Gasteiger partial charge in [-0.2, -0.15) is 0 Å². The molecule has 1 aliphatic rings. The van der Waals surface area contributed by atoms with Crippen molar-refractivity contribution >= 4 is 5.91 Å². The summed E-state index contributed by atoms with van der Waals surface area (Å²) in [7, 11) is 0. The third-order valence-electron chi connectivity index (χ3n) is 5.31. The SMILES string of the molecule is CCN(CC)C(C(=O)NCCOC1CCCCC1C)c1ccccc1. The molecule has 1 saturated carbocycles. The van der Waals surface area contributed by atoms with Gasteiger partial charge in [0.2, 0.25) is 5.91 Å². The van der Waals surface area contributed by atoms with E-state index in [1.54, 1.807) is 0 Å². The maximum absolute atomic E-state index is 12.8. The van der Waals surface area contributed by atoms with E-state index in [0.717, 1.165) is 25.1 Å². The molecule has 140 valence electrons. The molecule has 1 aromatic rings. The minimum absolute atomic E-state index is 0.0650. The van der Waals surface area contributed by atoms with Crippen molar-refractivity contribution in [3.8, 4) is 0 Å². The van der Waals surface area contributed by atoms with Crippen molar-refractivity contribution in [3.63, 3.8) is 0 Å². The van der Waals surface area contributed by atoms with Crippen molar-refractivity contribution in [1.29, 1.82) is 0 Å². The summed E-state index contributed by atoms with van der Waals surface area (Å²) in [5.41, 5.74) is 1.05. The third-order valence-corrected chi connectivity index (χ3v) is 5.31. The molecule has 0 heterocycles. The van der Waals surface area contributed by atoms with Gasteiger partial charge in [-0.15, -0.1) is 0 Å². The molecule has 1 fully saturated rings. The lowest BCUT2D eigenvalue weighted by Crippen LogP contribution is -2.42. The zero-order valence-corrected chi connectivity index (χ0v) is 16.0. The van der Waals surface area contributed by atoms with Gasteiger partial charge in [0.25, 0.3) is 0 Å². The summed E-state index contributed by atoms with van der Waals surface area (Å²) in [6, 6.07) is 9.80. The maximum atomic E-state index is 12.8. The molecule has 1 N–H and O–H groups in total. The van der Waals surface area contributed by atoms with Gasteiger partial charge in [-0.25, -0.2) is 0 Å². The predicted octanol–water partition coefficient (Wildman–Crippen LogP) is 3.78. The molecule has 0 saturated heterocycles. The predicted molar refractivity (Wildman–Crippen MR) is 102 cm³/mol. The summed E-state index contributed by atoms with van der Waals surface area (Å²) in [5, 5.41) is 3.08. The summed E-state index contributed by atoms with van der Waals surface area (Å²) >= 11 is 0. The van der Waals surface area contributed by atoms with Gasteiger partial charge in [-0.1, -0.05) is 63.9 Å². The van der Waals surface area contributed by atoms with Crippen molar-refractivity contribution in [2.24, 2.45) is 5.92 Å². The van der Waals surface area contributed by atoms with Crippen LogP contribution in [0, 0.1) is 5.92 Å². The number of nitrogens with one attached hydrogen (secondary N) is 1. The summed E-state index contributed by atoms with van der Waals surface area (Å²) in [6.07, 6.45) is 5.36. The van der Waals surface area contributed by atoms with Gasteiger partial charge in [0, 0.05) is 6.54 Å². The molecule has 0 bridgehead atoms. The standard InChI is InChI=1S/C21H34N2O2/c1-4-23(5-2)20(18-12-7-6-8-13-18)21(24)22-15-16-25-19-14-10-9-11-17(19)3/h6-8,12-13,17,19-20H,4-5,9-11,14-16H2,1-3H3,(H,22,24). The largest absolute Gasteiger partial charge is 0.376 e. The van der Waals surface area contributed by atoms with Crippen LogP contribution in [0.2, 0.25) is 0 Å². The molecular weight excluding hydrogens is 312 g/mol. The van der Waals surface area contributed by atoms with Crippen molar-refractivity contribution in [2.75, 3.05) is 26.2 Å². The summed E-state index contributed by atoms with van der Waals surface area (Å²) in [5.74, 6) is 0.701. The zero-order valence-electron chi connectivity index (χ0n) is 16.0. The molecule has 1 amide bonds. The number of carbonyl (C=O) groups excluding carboxylic acids is 1. The quantitative estimate of drug-likeness (QED) is 0.692. The average molecular weight is 347 g/mol. The van der Waals surface area contributed by atoms with E-state index in [0.29, 0.717) is 25.2 Å². The second-order valence-electron chi connectivity index (χ2n) is 7.00. The van der Waals surface area contributed by atoms with Gasteiger partial charge in [-0.3, -0.25) is 9.69 Å². The van der Waals surface area contributed by atoms with Crippen LogP contribution in [0.4, 0.5) is 0 Å². The highest BCUT2D eigenvalue weighted by Crippen LogP contribution is 2.26. The highest BCUT2D eigenvalue weighted by Gasteiger charge is 2.26. The number of nitrogens with zero attached hydrogens (tertiary/aromatic N) is 1. The van der Waals surface area contributed by atoms with Crippen LogP contribution in [0.3, 0.4) is 0 Å². The summed E-state index contributed by atoms with van der Waals surface area (Å²) < 4.78 is 6.02. The van der Waals surface area contributed by atoms with Gasteiger partial charge in [0.05, 0.1) is 12.7 Å². The molecule has 0 aliphatic heterocycles. The van der Waals surface area contributed by atoms with Gasteiger partial charge in [0.15, 0.2) is 0 Å². The third kappa shape index (κ3) is 5.82. The van der Waals surface area contributed by atoms with E-state index >= 15 is 0 Å². The minimum atomic E-state index is -0.232. The van der Waals surface area contributed by atoms with Crippen LogP contribution in [0.15, 0.2) is 30.3 Å². The first-order valence-corrected chi connectivity index (χ1v) is 9.85. The van der Waals surface area contributed by atoms with E-state index in [1.807, 2.05) is 30.3 Å². The Bertz CT molecular complexity index is 502. The number of carbonyl (C=O) groups is 1. The Labute approximate surface area is 152 Å². The normalized spacial score (nSPS) is 21.9. The fraction of sp³-hybridized carbons (Fsp3) is 0.667. The summed E-state index contributed by atoms with van der Waals surface area (Å²) in [6.45, 7) is 9.33. The highest BCUT2D eigenvalue weighted by molar-refractivity contribution is 5.83. The lowest BCUT2D eigenvalue weighted by Gasteiger charge is -2.30. The first-order chi connectivity index (χ1) is 12.2. The molecule has 1 aromatic carbocycles. The maximum Gasteiger partial charge on any atom is 0.242 e. The van der Waals surface area contributed by atoms with Crippen molar-refractivity contribution in [1.82, 2.24) is 10.2 Å². The first-order valence-electron chi connectivity index (χ1n) is 9.85. The lowest BCUT2D eigenvalue weighted by atomic mass is 9.88. The van der Waals surface area contributed by atoms with Crippen LogP contribution in [0.5, 0.6) is 0 Å². The molecule has 2 rings (SSSR count). The lowest BCUT2D eigenvalue weighted by molar-refractivity contribution is -0.127. The van der Waals surface area contributed by atoms with E-state index in [9.17, 15) is 4.79 Å². The van der Waals surface area contributed by atoms with Gasteiger partial charge in [-0.05, 0) is 37.4 Å². The Hall–Kier alpha value is -1.39. The Morgan fingerprint density at radius 2 is 1.88 bits per heavy atom. The first kappa shape index (κ1) is 19.9. The number of hydrogen-bond donors (Lipinski definition) is 1. The average Bonchev–Trinajstić information content (AvgIpc) is 2.65. The molecule has 3 unspecified atom stereocenters. The van der Waals surface area contributed by atoms with Crippen LogP contribution < -0.4 is 5.32 Å². The number of likely N-dealkylation sites (N-methyl/N-ethyl adjacent to an activating group) is 1. The Morgan fingerprint density at radius 3 is 2.52 bits per heavy atom. The van der Waals surface area contributed by atoms with E-state index in [1.165, 1.54) is 19.3 Å². The van der Waals surface area contributed by atoms with Gasteiger partial charge in [0.1, 0.15) is 6.04 Å². The minimum Gasteiger partial charge on any atom is -0.376 e. The number of benzene rings is 1. The van der Waals surface area contributed by atoms with Crippen LogP contribution >= 0.6 is 0 Å². The number of amides is 1. The van der Waals surface area contributed by atoms with Gasteiger partial charge >= 0.3 is 0 Å². The van der Waals surface area contributed by atoms with Crippen LogP contribution in [-0.2, 0) is 9.53 Å². The molecule has 3 atom stereocenters.